The van der Waals surface area contributed by atoms with Gasteiger partial charge >= 0.3 is 0 Å². The normalized spacial score (nSPS) is 23.9. The molecule has 94 valence electrons. The van der Waals surface area contributed by atoms with Crippen molar-refractivity contribution in [2.24, 2.45) is 11.7 Å². The Kier molecular flexibility index (Phi) is 4.02. The van der Waals surface area contributed by atoms with E-state index in [4.69, 9.17) is 10.5 Å². The van der Waals surface area contributed by atoms with Crippen molar-refractivity contribution in [1.29, 1.82) is 0 Å². The molecule has 3 nitrogen and oxygen atoms in total. The second kappa shape index (κ2) is 5.52. The summed E-state index contributed by atoms with van der Waals surface area (Å²) in [6.07, 6.45) is 2.20. The van der Waals surface area contributed by atoms with Crippen LogP contribution in [0.4, 0.5) is 0 Å². The first-order chi connectivity index (χ1) is 8.26. The van der Waals surface area contributed by atoms with Crippen LogP contribution in [0.5, 0.6) is 5.75 Å². The average molecular weight is 234 g/mol. The Balaban J connectivity index is 2.15. The third kappa shape index (κ3) is 2.61. The van der Waals surface area contributed by atoms with Gasteiger partial charge in [-0.15, -0.1) is 0 Å². The fraction of sp³-hybridized carbons (Fsp3) is 0.571. The predicted molar refractivity (Wildman–Crippen MR) is 70.4 cm³/mol. The summed E-state index contributed by atoms with van der Waals surface area (Å²) in [5.41, 5.74) is 8.29. The first-order valence-corrected chi connectivity index (χ1v) is 6.32. The van der Waals surface area contributed by atoms with Gasteiger partial charge in [0, 0.05) is 6.04 Å². The van der Waals surface area contributed by atoms with Crippen LogP contribution in [0.2, 0.25) is 0 Å². The van der Waals surface area contributed by atoms with Crippen molar-refractivity contribution in [3.8, 4) is 5.75 Å². The van der Waals surface area contributed by atoms with Gasteiger partial charge in [0.2, 0.25) is 0 Å². The molecule has 1 heterocycles. The van der Waals surface area contributed by atoms with Gasteiger partial charge in [-0.05, 0) is 49.9 Å². The van der Waals surface area contributed by atoms with Gasteiger partial charge in [-0.2, -0.15) is 0 Å². The number of para-hydroxylation sites is 1. The van der Waals surface area contributed by atoms with Crippen LogP contribution in [0.3, 0.4) is 0 Å². The fourth-order valence-corrected chi connectivity index (χ4v) is 2.75. The number of hydrogen-bond donors (Lipinski definition) is 2. The molecule has 0 amide bonds. The van der Waals surface area contributed by atoms with E-state index in [1.807, 2.05) is 0 Å². The molecule has 1 aromatic carbocycles. The van der Waals surface area contributed by atoms with E-state index >= 15 is 0 Å². The van der Waals surface area contributed by atoms with Crippen molar-refractivity contribution in [1.82, 2.24) is 5.32 Å². The molecule has 3 heteroatoms. The number of hydrogen-bond acceptors (Lipinski definition) is 3. The zero-order valence-electron chi connectivity index (χ0n) is 10.7. The molecule has 2 unspecified atom stereocenters. The summed E-state index contributed by atoms with van der Waals surface area (Å²) in [4.78, 5) is 0. The molecule has 0 aromatic heterocycles. The highest BCUT2D eigenvalue weighted by Crippen LogP contribution is 2.27. The summed E-state index contributed by atoms with van der Waals surface area (Å²) in [7, 11) is 1.74. The molecule has 17 heavy (non-hydrogen) atoms. The molecule has 2 atom stereocenters. The first-order valence-electron chi connectivity index (χ1n) is 6.32. The zero-order valence-corrected chi connectivity index (χ0v) is 10.7. The number of nitrogens with two attached hydrogens (primary N) is 1. The molecule has 1 fully saturated rings. The number of rotatable bonds is 4. The summed E-state index contributed by atoms with van der Waals surface area (Å²) in [6.45, 7) is 3.94. The lowest BCUT2D eigenvalue weighted by atomic mass is 9.93. The van der Waals surface area contributed by atoms with E-state index in [1.165, 1.54) is 17.5 Å². The Morgan fingerprint density at radius 1 is 1.47 bits per heavy atom. The quantitative estimate of drug-likeness (QED) is 0.829. The van der Waals surface area contributed by atoms with E-state index in [0.717, 1.165) is 25.3 Å². The van der Waals surface area contributed by atoms with E-state index in [0.29, 0.717) is 12.0 Å². The molecule has 3 N–H and O–H groups in total. The van der Waals surface area contributed by atoms with Gasteiger partial charge in [0.05, 0.1) is 7.11 Å². The summed E-state index contributed by atoms with van der Waals surface area (Å²) in [6, 6.07) is 6.83. The molecule has 1 aliphatic heterocycles. The highest BCUT2D eigenvalue weighted by Gasteiger charge is 2.26. The van der Waals surface area contributed by atoms with Crippen molar-refractivity contribution in [3.63, 3.8) is 0 Å². The van der Waals surface area contributed by atoms with Crippen LogP contribution < -0.4 is 15.8 Å². The van der Waals surface area contributed by atoms with Gasteiger partial charge in [0.25, 0.3) is 0 Å². The molecule has 0 bridgehead atoms. The van der Waals surface area contributed by atoms with Gasteiger partial charge in [0.1, 0.15) is 5.75 Å². The smallest absolute Gasteiger partial charge is 0.125 e. The van der Waals surface area contributed by atoms with Crippen molar-refractivity contribution in [3.05, 3.63) is 29.3 Å². The van der Waals surface area contributed by atoms with Crippen molar-refractivity contribution >= 4 is 0 Å². The van der Waals surface area contributed by atoms with E-state index < -0.39 is 0 Å². The highest BCUT2D eigenvalue weighted by atomic mass is 16.5. The maximum absolute atomic E-state index is 5.81. The minimum atomic E-state index is 0.496. The van der Waals surface area contributed by atoms with Gasteiger partial charge in [0.15, 0.2) is 0 Å². The Bertz CT molecular complexity index is 378. The Morgan fingerprint density at radius 3 is 3.00 bits per heavy atom. The fourth-order valence-electron chi connectivity index (χ4n) is 2.75. The SMILES string of the molecule is COc1c(C)cccc1CC1NCCC1CN. The molecule has 0 aliphatic carbocycles. The molecule has 1 aromatic rings. The Morgan fingerprint density at radius 2 is 2.29 bits per heavy atom. The molecule has 0 saturated carbocycles. The van der Waals surface area contributed by atoms with Gasteiger partial charge < -0.3 is 15.8 Å². The molecule has 0 spiro atoms. The van der Waals surface area contributed by atoms with Crippen LogP contribution in [-0.4, -0.2) is 26.2 Å². The van der Waals surface area contributed by atoms with Crippen molar-refractivity contribution in [2.45, 2.75) is 25.8 Å². The summed E-state index contributed by atoms with van der Waals surface area (Å²) < 4.78 is 5.50. The van der Waals surface area contributed by atoms with E-state index in [2.05, 4.69) is 30.4 Å². The third-order valence-corrected chi connectivity index (χ3v) is 3.73. The molecule has 1 saturated heterocycles. The van der Waals surface area contributed by atoms with Crippen LogP contribution >= 0.6 is 0 Å². The topological polar surface area (TPSA) is 47.3 Å². The molecule has 0 radical (unpaired) electrons. The van der Waals surface area contributed by atoms with Crippen LogP contribution in [0.1, 0.15) is 17.5 Å². The molecule has 2 rings (SSSR count). The standard InChI is InChI=1S/C14H22N2O/c1-10-4-3-5-11(14(10)17-2)8-13-12(9-15)6-7-16-13/h3-5,12-13,16H,6-9,15H2,1-2H3. The lowest BCUT2D eigenvalue weighted by Crippen LogP contribution is -2.33. The second-order valence-corrected chi connectivity index (χ2v) is 4.82. The maximum atomic E-state index is 5.81. The number of ether oxygens (including phenoxy) is 1. The van der Waals surface area contributed by atoms with Crippen LogP contribution in [0.15, 0.2) is 18.2 Å². The highest BCUT2D eigenvalue weighted by molar-refractivity contribution is 5.41. The van der Waals surface area contributed by atoms with Crippen molar-refractivity contribution in [2.75, 3.05) is 20.2 Å². The van der Waals surface area contributed by atoms with Gasteiger partial charge in [-0.3, -0.25) is 0 Å². The number of aryl methyl sites for hydroxylation is 1. The van der Waals surface area contributed by atoms with E-state index in [1.54, 1.807) is 7.11 Å². The van der Waals surface area contributed by atoms with Gasteiger partial charge in [-0.25, -0.2) is 0 Å². The van der Waals surface area contributed by atoms with Crippen LogP contribution in [0.25, 0.3) is 0 Å². The summed E-state index contributed by atoms with van der Waals surface area (Å²) in [5, 5.41) is 3.54. The average Bonchev–Trinajstić information content (AvgIpc) is 2.77. The Hall–Kier alpha value is -1.06. The van der Waals surface area contributed by atoms with E-state index in [9.17, 15) is 0 Å². The zero-order chi connectivity index (χ0) is 12.3. The lowest BCUT2D eigenvalue weighted by Gasteiger charge is -2.20. The summed E-state index contributed by atoms with van der Waals surface area (Å²) in [5.74, 6) is 1.62. The minimum absolute atomic E-state index is 0.496. The third-order valence-electron chi connectivity index (χ3n) is 3.73. The number of methoxy groups -OCH3 is 1. The molecule has 1 aliphatic rings. The minimum Gasteiger partial charge on any atom is -0.496 e. The number of benzene rings is 1. The number of nitrogens with one attached hydrogen (secondary N) is 1. The molecular formula is C14H22N2O. The van der Waals surface area contributed by atoms with Crippen molar-refractivity contribution < 1.29 is 4.74 Å². The second-order valence-electron chi connectivity index (χ2n) is 4.82. The van der Waals surface area contributed by atoms with E-state index in [-0.39, 0.29) is 0 Å². The summed E-state index contributed by atoms with van der Waals surface area (Å²) >= 11 is 0. The van der Waals surface area contributed by atoms with Crippen LogP contribution in [-0.2, 0) is 6.42 Å². The maximum Gasteiger partial charge on any atom is 0.125 e. The predicted octanol–water partition coefficient (Wildman–Crippen LogP) is 1.48. The Labute approximate surface area is 103 Å². The lowest BCUT2D eigenvalue weighted by molar-refractivity contribution is 0.396. The monoisotopic (exact) mass is 234 g/mol. The first kappa shape index (κ1) is 12.4. The largest absolute Gasteiger partial charge is 0.496 e. The van der Waals surface area contributed by atoms with Crippen LogP contribution in [0, 0.1) is 12.8 Å². The van der Waals surface area contributed by atoms with Gasteiger partial charge in [-0.1, -0.05) is 18.2 Å². The molecular weight excluding hydrogens is 212 g/mol.